The molecule has 3 heteroatoms. The summed E-state index contributed by atoms with van der Waals surface area (Å²) in [4.78, 5) is 4.96. The van der Waals surface area contributed by atoms with Crippen molar-refractivity contribution in [3.05, 3.63) is 89.5 Å². The molecule has 0 unspecified atom stereocenters. The highest BCUT2D eigenvalue weighted by Gasteiger charge is 2.21. The zero-order chi connectivity index (χ0) is 20.1. The van der Waals surface area contributed by atoms with Crippen LogP contribution in [0.15, 0.2) is 82.6 Å². The maximum absolute atomic E-state index is 6.11. The van der Waals surface area contributed by atoms with E-state index in [1.54, 1.807) is 0 Å². The Kier molecular flexibility index (Phi) is 6.38. The summed E-state index contributed by atoms with van der Waals surface area (Å²) in [6, 6.07) is 25.7. The molecule has 29 heavy (non-hydrogen) atoms. The number of benzene rings is 3. The molecule has 4 rings (SSSR count). The Morgan fingerprint density at radius 2 is 1.55 bits per heavy atom. The van der Waals surface area contributed by atoms with Crippen molar-refractivity contribution in [3.8, 4) is 5.75 Å². The molecule has 1 heterocycles. The van der Waals surface area contributed by atoms with Crippen LogP contribution in [-0.4, -0.2) is 31.1 Å². The summed E-state index contributed by atoms with van der Waals surface area (Å²) in [7, 11) is 0. The molecule has 1 aliphatic heterocycles. The fourth-order valence-electron chi connectivity index (χ4n) is 3.64. The third-order valence-electron chi connectivity index (χ3n) is 5.32. The largest absolute Gasteiger partial charge is 0.492 e. The van der Waals surface area contributed by atoms with Crippen molar-refractivity contribution in [3.63, 3.8) is 0 Å². The summed E-state index contributed by atoms with van der Waals surface area (Å²) >= 11 is 1.84. The molecular formula is C26H27NOS. The molecule has 0 radical (unpaired) electrons. The van der Waals surface area contributed by atoms with Gasteiger partial charge in [0, 0.05) is 16.3 Å². The normalized spacial score (nSPS) is 14.0. The van der Waals surface area contributed by atoms with Crippen LogP contribution in [-0.2, 0) is 0 Å². The van der Waals surface area contributed by atoms with Gasteiger partial charge in [-0.25, -0.2) is 0 Å². The lowest BCUT2D eigenvalue weighted by Crippen LogP contribution is -2.27. The summed E-state index contributed by atoms with van der Waals surface area (Å²) in [5, 5.41) is 0. The van der Waals surface area contributed by atoms with E-state index < -0.39 is 0 Å². The van der Waals surface area contributed by atoms with Gasteiger partial charge in [-0.15, -0.1) is 0 Å². The van der Waals surface area contributed by atoms with Crippen LogP contribution in [0.1, 0.15) is 30.5 Å². The smallest absolute Gasteiger partial charge is 0.120 e. The summed E-state index contributed by atoms with van der Waals surface area (Å²) in [5.41, 5.74) is 5.00. The van der Waals surface area contributed by atoms with E-state index in [-0.39, 0.29) is 0 Å². The van der Waals surface area contributed by atoms with E-state index in [0.29, 0.717) is 6.61 Å². The molecule has 0 amide bonds. The first-order valence-electron chi connectivity index (χ1n) is 10.3. The number of hydrogen-bond donors (Lipinski definition) is 0. The standard InChI is InChI=1S/C26H27NOS/c1-3-27(4-2)16-17-28-21-14-15-26-24(19-21)23(18-20-10-6-5-7-11-20)22-12-8-9-13-25(22)29-26/h5-15,18-19H,3-4,16-17H2,1-2H3/b23-18+. The van der Waals surface area contributed by atoms with Gasteiger partial charge in [0.1, 0.15) is 12.4 Å². The van der Waals surface area contributed by atoms with Crippen molar-refractivity contribution in [1.29, 1.82) is 0 Å². The summed E-state index contributed by atoms with van der Waals surface area (Å²) in [5.74, 6) is 0.940. The summed E-state index contributed by atoms with van der Waals surface area (Å²) in [6.45, 7) is 8.16. The summed E-state index contributed by atoms with van der Waals surface area (Å²) < 4.78 is 6.11. The fourth-order valence-corrected chi connectivity index (χ4v) is 4.73. The Hall–Kier alpha value is -2.49. The highest BCUT2D eigenvalue weighted by atomic mass is 32.2. The minimum Gasteiger partial charge on any atom is -0.492 e. The van der Waals surface area contributed by atoms with Crippen molar-refractivity contribution in [2.75, 3.05) is 26.2 Å². The number of likely N-dealkylation sites (N-methyl/N-ethyl adjacent to an activating group) is 1. The Morgan fingerprint density at radius 3 is 2.34 bits per heavy atom. The average Bonchev–Trinajstić information content (AvgIpc) is 2.77. The second kappa shape index (κ2) is 9.34. The van der Waals surface area contributed by atoms with E-state index in [2.05, 4.69) is 97.6 Å². The molecule has 0 saturated heterocycles. The third-order valence-corrected chi connectivity index (χ3v) is 6.47. The maximum atomic E-state index is 6.11. The topological polar surface area (TPSA) is 12.5 Å². The van der Waals surface area contributed by atoms with Gasteiger partial charge in [0.25, 0.3) is 0 Å². The predicted octanol–water partition coefficient (Wildman–Crippen LogP) is 6.46. The van der Waals surface area contributed by atoms with E-state index >= 15 is 0 Å². The van der Waals surface area contributed by atoms with Gasteiger partial charge in [-0.3, -0.25) is 0 Å². The monoisotopic (exact) mass is 401 g/mol. The number of nitrogens with zero attached hydrogens (tertiary/aromatic N) is 1. The number of fused-ring (bicyclic) bond motifs is 2. The Balaban J connectivity index is 1.67. The van der Waals surface area contributed by atoms with Gasteiger partial charge < -0.3 is 9.64 Å². The van der Waals surface area contributed by atoms with Crippen molar-refractivity contribution in [2.45, 2.75) is 23.6 Å². The predicted molar refractivity (Wildman–Crippen MR) is 124 cm³/mol. The molecule has 148 valence electrons. The second-order valence-corrected chi connectivity index (χ2v) is 8.18. The average molecular weight is 402 g/mol. The van der Waals surface area contributed by atoms with Crippen LogP contribution < -0.4 is 4.74 Å². The molecule has 0 aromatic heterocycles. The SMILES string of the molecule is CCN(CC)CCOc1ccc2c(c1)/C(=C/c1ccccc1)c1ccccc1S2. The van der Waals surface area contributed by atoms with Crippen molar-refractivity contribution in [2.24, 2.45) is 0 Å². The van der Waals surface area contributed by atoms with E-state index in [0.717, 1.165) is 25.4 Å². The van der Waals surface area contributed by atoms with Crippen molar-refractivity contribution in [1.82, 2.24) is 4.90 Å². The van der Waals surface area contributed by atoms with Gasteiger partial charge in [-0.05, 0) is 65.7 Å². The van der Waals surface area contributed by atoms with Crippen LogP contribution in [0.4, 0.5) is 0 Å². The molecule has 1 aliphatic rings. The minimum atomic E-state index is 0.710. The van der Waals surface area contributed by atoms with Gasteiger partial charge in [0.15, 0.2) is 0 Å². The van der Waals surface area contributed by atoms with Crippen molar-refractivity contribution < 1.29 is 4.74 Å². The first kappa shape index (κ1) is 19.8. The molecule has 0 fully saturated rings. The van der Waals surface area contributed by atoms with Crippen LogP contribution in [0.3, 0.4) is 0 Å². The molecule has 0 aliphatic carbocycles. The van der Waals surface area contributed by atoms with E-state index in [1.807, 2.05) is 11.8 Å². The molecule has 0 N–H and O–H groups in total. The summed E-state index contributed by atoms with van der Waals surface area (Å²) in [6.07, 6.45) is 2.29. The Bertz CT molecular complexity index is 993. The molecule has 0 atom stereocenters. The van der Waals surface area contributed by atoms with Crippen LogP contribution >= 0.6 is 11.8 Å². The van der Waals surface area contributed by atoms with Gasteiger partial charge >= 0.3 is 0 Å². The molecule has 3 aromatic carbocycles. The minimum absolute atomic E-state index is 0.710. The van der Waals surface area contributed by atoms with Gasteiger partial charge in [0.2, 0.25) is 0 Å². The maximum Gasteiger partial charge on any atom is 0.120 e. The lowest BCUT2D eigenvalue weighted by molar-refractivity contribution is 0.222. The molecule has 0 saturated carbocycles. The second-order valence-electron chi connectivity index (χ2n) is 7.10. The first-order valence-corrected chi connectivity index (χ1v) is 11.1. The number of rotatable bonds is 7. The zero-order valence-electron chi connectivity index (χ0n) is 17.1. The molecule has 0 spiro atoms. The highest BCUT2D eigenvalue weighted by Crippen LogP contribution is 2.46. The van der Waals surface area contributed by atoms with E-state index in [4.69, 9.17) is 4.74 Å². The third kappa shape index (κ3) is 4.58. The Labute approximate surface area is 178 Å². The van der Waals surface area contributed by atoms with Gasteiger partial charge in [-0.2, -0.15) is 0 Å². The molecule has 3 aromatic rings. The lowest BCUT2D eigenvalue weighted by Gasteiger charge is -2.23. The first-order chi connectivity index (χ1) is 14.3. The molecular weight excluding hydrogens is 374 g/mol. The van der Waals surface area contributed by atoms with Crippen LogP contribution in [0.5, 0.6) is 5.75 Å². The molecule has 2 nitrogen and oxygen atoms in total. The Morgan fingerprint density at radius 1 is 0.828 bits per heavy atom. The van der Waals surface area contributed by atoms with E-state index in [1.165, 1.54) is 32.1 Å². The van der Waals surface area contributed by atoms with Gasteiger partial charge in [0.05, 0.1) is 0 Å². The van der Waals surface area contributed by atoms with Crippen LogP contribution in [0.25, 0.3) is 11.6 Å². The lowest BCUT2D eigenvalue weighted by atomic mass is 9.95. The number of hydrogen-bond acceptors (Lipinski definition) is 3. The quantitative estimate of drug-likeness (QED) is 0.352. The molecule has 0 bridgehead atoms. The van der Waals surface area contributed by atoms with Crippen LogP contribution in [0, 0.1) is 0 Å². The van der Waals surface area contributed by atoms with Gasteiger partial charge in [-0.1, -0.05) is 74.1 Å². The van der Waals surface area contributed by atoms with Crippen LogP contribution in [0.2, 0.25) is 0 Å². The number of ether oxygens (including phenoxy) is 1. The van der Waals surface area contributed by atoms with E-state index in [9.17, 15) is 0 Å². The van der Waals surface area contributed by atoms with Crippen molar-refractivity contribution >= 4 is 23.4 Å². The fraction of sp³-hybridized carbons (Fsp3) is 0.231. The zero-order valence-corrected chi connectivity index (χ0v) is 17.9. The highest BCUT2D eigenvalue weighted by molar-refractivity contribution is 7.99.